The molecule has 0 amide bonds. The lowest BCUT2D eigenvalue weighted by Crippen LogP contribution is -2.58. The predicted octanol–water partition coefficient (Wildman–Crippen LogP) is 1.92. The van der Waals surface area contributed by atoms with Crippen LogP contribution in [0.4, 0.5) is 5.69 Å². The van der Waals surface area contributed by atoms with Crippen molar-refractivity contribution >= 4 is 17.6 Å². The zero-order valence-electron chi connectivity index (χ0n) is 16.9. The summed E-state index contributed by atoms with van der Waals surface area (Å²) in [6.07, 6.45) is 4.01. The van der Waals surface area contributed by atoms with E-state index in [1.165, 1.54) is 19.7 Å². The lowest BCUT2D eigenvalue weighted by Gasteiger charge is -2.62. The fourth-order valence-electron chi connectivity index (χ4n) is 5.00. The molecule has 1 aromatic heterocycles. The van der Waals surface area contributed by atoms with Crippen LogP contribution in [0.15, 0.2) is 11.0 Å². The third-order valence-electron chi connectivity index (χ3n) is 6.93. The van der Waals surface area contributed by atoms with Crippen LogP contribution in [0.25, 0.3) is 0 Å². The van der Waals surface area contributed by atoms with Gasteiger partial charge in [-0.15, -0.1) is 0 Å². The Bertz CT molecular complexity index is 832. The summed E-state index contributed by atoms with van der Waals surface area (Å²) in [5, 5.41) is 16.5. The molecule has 0 radical (unpaired) electrons. The van der Waals surface area contributed by atoms with Gasteiger partial charge in [0, 0.05) is 18.0 Å². The molecule has 3 fully saturated rings. The molecule has 154 valence electrons. The van der Waals surface area contributed by atoms with E-state index in [0.717, 1.165) is 11.1 Å². The van der Waals surface area contributed by atoms with Crippen LogP contribution in [0.3, 0.4) is 0 Å². The number of carboxylic acid groups (broad SMARTS) is 1. The summed E-state index contributed by atoms with van der Waals surface area (Å²) in [6.45, 7) is 6.39. The molecule has 2 bridgehead atoms. The number of fused-ring (bicyclic) bond motifs is 2. The molecule has 3 aliphatic carbocycles. The van der Waals surface area contributed by atoms with Crippen molar-refractivity contribution in [3.8, 4) is 0 Å². The molecular formula is C20H29N3O5. The number of ether oxygens (including phenoxy) is 1. The molecule has 3 saturated carbocycles. The highest BCUT2D eigenvalue weighted by Crippen LogP contribution is 2.61. The number of carboxylic acids is 1. The van der Waals surface area contributed by atoms with Gasteiger partial charge in [-0.05, 0) is 42.4 Å². The molecule has 2 N–H and O–H groups in total. The molecule has 0 spiro atoms. The van der Waals surface area contributed by atoms with Crippen molar-refractivity contribution in [2.45, 2.75) is 59.0 Å². The molecule has 8 nitrogen and oxygen atoms in total. The number of hydrogen-bond acceptors (Lipinski definition) is 6. The van der Waals surface area contributed by atoms with Gasteiger partial charge in [-0.3, -0.25) is 14.4 Å². The van der Waals surface area contributed by atoms with Crippen molar-refractivity contribution in [3.05, 3.63) is 22.1 Å². The fourth-order valence-corrected chi connectivity index (χ4v) is 5.00. The van der Waals surface area contributed by atoms with Crippen LogP contribution in [-0.4, -0.2) is 40.0 Å². The summed E-state index contributed by atoms with van der Waals surface area (Å²) in [5.74, 6) is 0.195. The number of nitrogens with one attached hydrogen (secondary N) is 1. The molecular weight excluding hydrogens is 362 g/mol. The van der Waals surface area contributed by atoms with E-state index in [4.69, 9.17) is 5.11 Å². The first-order valence-corrected chi connectivity index (χ1v) is 9.79. The number of carbonyl (C=O) groups is 2. The zero-order valence-corrected chi connectivity index (χ0v) is 16.9. The van der Waals surface area contributed by atoms with Crippen LogP contribution in [0.2, 0.25) is 0 Å². The Kier molecular flexibility index (Phi) is 5.50. The highest BCUT2D eigenvalue weighted by molar-refractivity contribution is 5.70. The lowest BCUT2D eigenvalue weighted by atomic mass is 9.45. The quantitative estimate of drug-likeness (QED) is 0.683. The molecule has 1 aromatic rings. The maximum absolute atomic E-state index is 12.8. The van der Waals surface area contributed by atoms with Crippen molar-refractivity contribution in [2.75, 3.05) is 12.4 Å². The standard InChI is InChI=1S/C20H29N3O5/c1-11-14-7-12(20(14,2)3)8-15(11)22-16-9-21-23(10-17(24)25)19(27)13(16)5-6-18(26)28-4/h9,11-12,14-15,22H,5-8,10H2,1-4H3,(H,24,25)/t11-,12+,14-,15-/m1/s1. The van der Waals surface area contributed by atoms with E-state index >= 15 is 0 Å². The minimum atomic E-state index is -1.14. The molecule has 0 saturated heterocycles. The maximum atomic E-state index is 12.8. The second-order valence-corrected chi connectivity index (χ2v) is 8.68. The normalized spacial score (nSPS) is 27.6. The zero-order chi connectivity index (χ0) is 20.6. The molecule has 3 aliphatic rings. The van der Waals surface area contributed by atoms with Gasteiger partial charge in [0.25, 0.3) is 5.56 Å². The van der Waals surface area contributed by atoms with Crippen LogP contribution in [0.5, 0.6) is 0 Å². The fraction of sp³-hybridized carbons (Fsp3) is 0.700. The van der Waals surface area contributed by atoms with Crippen LogP contribution in [0.1, 0.15) is 45.6 Å². The first-order valence-electron chi connectivity index (χ1n) is 9.79. The predicted molar refractivity (Wildman–Crippen MR) is 103 cm³/mol. The van der Waals surface area contributed by atoms with Crippen LogP contribution >= 0.6 is 0 Å². The largest absolute Gasteiger partial charge is 0.480 e. The number of aliphatic carboxylic acids is 1. The molecule has 1 heterocycles. The number of nitrogens with zero attached hydrogens (tertiary/aromatic N) is 2. The van der Waals surface area contributed by atoms with Gasteiger partial charge >= 0.3 is 11.9 Å². The second-order valence-electron chi connectivity index (χ2n) is 8.68. The highest BCUT2D eigenvalue weighted by Gasteiger charge is 2.56. The Morgan fingerprint density at radius 2 is 2.11 bits per heavy atom. The first kappa shape index (κ1) is 20.4. The minimum absolute atomic E-state index is 0.0516. The molecule has 0 aromatic carbocycles. The van der Waals surface area contributed by atoms with E-state index < -0.39 is 24.0 Å². The summed E-state index contributed by atoms with van der Waals surface area (Å²) in [7, 11) is 1.30. The van der Waals surface area contributed by atoms with Gasteiger partial charge in [-0.2, -0.15) is 5.10 Å². The van der Waals surface area contributed by atoms with Gasteiger partial charge in [0.2, 0.25) is 0 Å². The van der Waals surface area contributed by atoms with Crippen molar-refractivity contribution in [1.29, 1.82) is 0 Å². The smallest absolute Gasteiger partial charge is 0.325 e. The first-order chi connectivity index (χ1) is 13.1. The summed E-state index contributed by atoms with van der Waals surface area (Å²) in [5.41, 5.74) is 0.846. The van der Waals surface area contributed by atoms with E-state index in [0.29, 0.717) is 34.4 Å². The van der Waals surface area contributed by atoms with Gasteiger partial charge in [-0.25, -0.2) is 4.68 Å². The van der Waals surface area contributed by atoms with Crippen molar-refractivity contribution in [3.63, 3.8) is 0 Å². The minimum Gasteiger partial charge on any atom is -0.480 e. The SMILES string of the molecule is COC(=O)CCc1c(N[C@@H]2C[C@@H]3C[C@H]([C@H]2C)C3(C)C)cnn(CC(=O)O)c1=O. The Morgan fingerprint density at radius 3 is 2.68 bits per heavy atom. The third-order valence-corrected chi connectivity index (χ3v) is 6.93. The van der Waals surface area contributed by atoms with E-state index in [1.807, 2.05) is 0 Å². The summed E-state index contributed by atoms with van der Waals surface area (Å²) in [4.78, 5) is 35.3. The Labute approximate surface area is 164 Å². The number of methoxy groups -OCH3 is 1. The average molecular weight is 391 g/mol. The Hall–Kier alpha value is -2.38. The summed E-state index contributed by atoms with van der Waals surface area (Å²) >= 11 is 0. The molecule has 4 atom stereocenters. The monoisotopic (exact) mass is 391 g/mol. The van der Waals surface area contributed by atoms with Gasteiger partial charge in [0.15, 0.2) is 0 Å². The van der Waals surface area contributed by atoms with Crippen molar-refractivity contribution in [2.24, 2.45) is 23.2 Å². The summed E-state index contributed by atoms with van der Waals surface area (Å²) in [6, 6.07) is 0.227. The number of anilines is 1. The van der Waals surface area contributed by atoms with Crippen LogP contribution in [0, 0.1) is 23.2 Å². The second kappa shape index (κ2) is 7.56. The summed E-state index contributed by atoms with van der Waals surface area (Å²) < 4.78 is 5.60. The molecule has 0 unspecified atom stereocenters. The number of hydrogen-bond donors (Lipinski definition) is 2. The van der Waals surface area contributed by atoms with Crippen molar-refractivity contribution < 1.29 is 19.4 Å². The number of esters is 1. The van der Waals surface area contributed by atoms with Crippen LogP contribution in [-0.2, 0) is 27.3 Å². The van der Waals surface area contributed by atoms with Gasteiger partial charge < -0.3 is 15.2 Å². The van der Waals surface area contributed by atoms with Gasteiger partial charge in [0.1, 0.15) is 6.54 Å². The number of carbonyl (C=O) groups excluding carboxylic acids is 1. The third kappa shape index (κ3) is 3.64. The number of aromatic nitrogens is 2. The van der Waals surface area contributed by atoms with E-state index in [9.17, 15) is 14.4 Å². The molecule has 28 heavy (non-hydrogen) atoms. The van der Waals surface area contributed by atoms with Crippen molar-refractivity contribution in [1.82, 2.24) is 9.78 Å². The van der Waals surface area contributed by atoms with E-state index in [1.54, 1.807) is 0 Å². The number of rotatable bonds is 7. The maximum Gasteiger partial charge on any atom is 0.325 e. The topological polar surface area (TPSA) is 111 Å². The van der Waals surface area contributed by atoms with E-state index in [-0.39, 0.29) is 18.9 Å². The average Bonchev–Trinajstić information content (AvgIpc) is 2.63. The van der Waals surface area contributed by atoms with Crippen LogP contribution < -0.4 is 10.9 Å². The van der Waals surface area contributed by atoms with Gasteiger partial charge in [-0.1, -0.05) is 20.8 Å². The van der Waals surface area contributed by atoms with E-state index in [2.05, 4.69) is 35.9 Å². The molecule has 0 aliphatic heterocycles. The highest BCUT2D eigenvalue weighted by atomic mass is 16.5. The Morgan fingerprint density at radius 1 is 1.39 bits per heavy atom. The lowest BCUT2D eigenvalue weighted by molar-refractivity contribution is -0.140. The molecule has 4 rings (SSSR count). The Balaban J connectivity index is 1.85. The van der Waals surface area contributed by atoms with Gasteiger partial charge in [0.05, 0.1) is 19.0 Å². The molecule has 8 heteroatoms.